The molecule has 0 bridgehead atoms. The summed E-state index contributed by atoms with van der Waals surface area (Å²) in [6.45, 7) is 1.16. The van der Waals surface area contributed by atoms with Crippen molar-refractivity contribution in [1.29, 1.82) is 0 Å². The summed E-state index contributed by atoms with van der Waals surface area (Å²) >= 11 is 0. The van der Waals surface area contributed by atoms with Crippen LogP contribution in [0.15, 0.2) is 48.5 Å². The number of hydrazine groups is 1. The quantitative estimate of drug-likeness (QED) is 0.549. The predicted molar refractivity (Wildman–Crippen MR) is 111 cm³/mol. The van der Waals surface area contributed by atoms with Gasteiger partial charge in [-0.15, -0.1) is 0 Å². The Hall–Kier alpha value is -3.27. The van der Waals surface area contributed by atoms with Crippen molar-refractivity contribution in [3.05, 3.63) is 54.1 Å². The van der Waals surface area contributed by atoms with Crippen LogP contribution >= 0.6 is 0 Å². The number of ether oxygens (including phenoxy) is 1. The van der Waals surface area contributed by atoms with Gasteiger partial charge in [0.2, 0.25) is 10.0 Å². The first-order valence-corrected chi connectivity index (χ1v) is 10.5. The minimum Gasteiger partial charge on any atom is -0.495 e. The van der Waals surface area contributed by atoms with Crippen LogP contribution in [0.3, 0.4) is 0 Å². The average molecular weight is 420 g/mol. The Bertz CT molecular complexity index is 978. The van der Waals surface area contributed by atoms with E-state index in [1.54, 1.807) is 55.5 Å². The van der Waals surface area contributed by atoms with Gasteiger partial charge in [0.15, 0.2) is 0 Å². The van der Waals surface area contributed by atoms with Crippen LogP contribution in [0.1, 0.15) is 5.56 Å². The molecule has 0 atom stereocenters. The van der Waals surface area contributed by atoms with Crippen molar-refractivity contribution in [2.75, 3.05) is 36.1 Å². The molecule has 0 fully saturated rings. The van der Waals surface area contributed by atoms with Crippen molar-refractivity contribution >= 4 is 33.2 Å². The molecule has 0 radical (unpaired) electrons. The van der Waals surface area contributed by atoms with E-state index in [0.717, 1.165) is 10.6 Å². The third-order valence-electron chi connectivity index (χ3n) is 3.96. The van der Waals surface area contributed by atoms with E-state index in [-0.39, 0.29) is 6.54 Å². The van der Waals surface area contributed by atoms with E-state index < -0.39 is 28.4 Å². The van der Waals surface area contributed by atoms with Gasteiger partial charge in [-0.25, -0.2) is 8.42 Å². The number of carbonyl (C=O) groups excluding carboxylic acids is 2. The fourth-order valence-electron chi connectivity index (χ4n) is 2.54. The molecule has 0 saturated carbocycles. The summed E-state index contributed by atoms with van der Waals surface area (Å²) in [6.07, 6.45) is 1.02. The summed E-state index contributed by atoms with van der Waals surface area (Å²) in [4.78, 5) is 24.2. The maximum absolute atomic E-state index is 12.2. The van der Waals surface area contributed by atoms with Crippen LogP contribution in [0.2, 0.25) is 0 Å². The number of sulfonamides is 1. The van der Waals surface area contributed by atoms with E-state index in [1.165, 1.54) is 7.11 Å². The van der Waals surface area contributed by atoms with Crippen LogP contribution in [0.25, 0.3) is 0 Å². The largest absolute Gasteiger partial charge is 0.495 e. The number of hydrogen-bond acceptors (Lipinski definition) is 6. The number of para-hydroxylation sites is 3. The molecular formula is C19H24N4O5S. The minimum absolute atomic E-state index is 0.117. The lowest BCUT2D eigenvalue weighted by Gasteiger charge is -2.23. The number of nitrogens with zero attached hydrogens (tertiary/aromatic N) is 1. The number of amides is 2. The Kier molecular flexibility index (Phi) is 7.43. The highest BCUT2D eigenvalue weighted by atomic mass is 32.2. The number of nitrogens with one attached hydrogen (secondary N) is 3. The van der Waals surface area contributed by atoms with Gasteiger partial charge in [-0.2, -0.15) is 0 Å². The molecule has 0 aliphatic carbocycles. The molecule has 0 aromatic heterocycles. The SMILES string of the molecule is COc1ccccc1NCC(=O)NNC(=O)CN(c1ccccc1C)S(C)(=O)=O. The van der Waals surface area contributed by atoms with Gasteiger partial charge in [0.25, 0.3) is 11.8 Å². The number of rotatable bonds is 8. The molecule has 2 aromatic rings. The van der Waals surface area contributed by atoms with Crippen LogP contribution in [0.5, 0.6) is 5.75 Å². The molecule has 2 aromatic carbocycles. The standard InChI is InChI=1S/C19H24N4O5S/c1-14-8-4-6-10-16(14)23(29(3,26)27)13-19(25)22-21-18(24)12-20-15-9-5-7-11-17(15)28-2/h4-11,20H,12-13H2,1-3H3,(H,21,24)(H,22,25). The molecule has 9 nitrogen and oxygen atoms in total. The first kappa shape index (κ1) is 22.0. The van der Waals surface area contributed by atoms with E-state index in [1.807, 2.05) is 0 Å². The molecule has 0 aliphatic heterocycles. The topological polar surface area (TPSA) is 117 Å². The summed E-state index contributed by atoms with van der Waals surface area (Å²) in [5.41, 5.74) is 6.20. The summed E-state index contributed by atoms with van der Waals surface area (Å²) in [5, 5.41) is 2.89. The first-order chi connectivity index (χ1) is 13.7. The van der Waals surface area contributed by atoms with Gasteiger partial charge in [0.1, 0.15) is 12.3 Å². The minimum atomic E-state index is -3.69. The van der Waals surface area contributed by atoms with E-state index in [9.17, 15) is 18.0 Å². The van der Waals surface area contributed by atoms with Gasteiger partial charge in [0.05, 0.1) is 31.3 Å². The molecule has 29 heavy (non-hydrogen) atoms. The van der Waals surface area contributed by atoms with Gasteiger partial charge in [-0.3, -0.25) is 24.7 Å². The number of benzene rings is 2. The van der Waals surface area contributed by atoms with E-state index >= 15 is 0 Å². The second kappa shape index (κ2) is 9.78. The highest BCUT2D eigenvalue weighted by Crippen LogP contribution is 2.23. The van der Waals surface area contributed by atoms with Crippen molar-refractivity contribution in [2.45, 2.75) is 6.92 Å². The van der Waals surface area contributed by atoms with Crippen LogP contribution in [0, 0.1) is 6.92 Å². The third kappa shape index (κ3) is 6.39. The highest BCUT2D eigenvalue weighted by molar-refractivity contribution is 7.92. The molecule has 156 valence electrons. The van der Waals surface area contributed by atoms with Gasteiger partial charge in [-0.05, 0) is 30.7 Å². The molecule has 2 amide bonds. The van der Waals surface area contributed by atoms with Crippen LogP contribution in [-0.2, 0) is 19.6 Å². The Balaban J connectivity index is 1.92. The van der Waals surface area contributed by atoms with Crippen molar-refractivity contribution in [3.63, 3.8) is 0 Å². The smallest absolute Gasteiger partial charge is 0.259 e. The van der Waals surface area contributed by atoms with E-state index in [4.69, 9.17) is 4.74 Å². The first-order valence-electron chi connectivity index (χ1n) is 8.70. The molecule has 10 heteroatoms. The van der Waals surface area contributed by atoms with Crippen molar-refractivity contribution in [2.24, 2.45) is 0 Å². The molecule has 0 saturated heterocycles. The van der Waals surface area contributed by atoms with Gasteiger partial charge in [-0.1, -0.05) is 30.3 Å². The molecule has 3 N–H and O–H groups in total. The average Bonchev–Trinajstić information content (AvgIpc) is 2.69. The number of aryl methyl sites for hydroxylation is 1. The van der Waals surface area contributed by atoms with E-state index in [0.29, 0.717) is 22.7 Å². The lowest BCUT2D eigenvalue weighted by Crippen LogP contribution is -2.49. The van der Waals surface area contributed by atoms with Gasteiger partial charge >= 0.3 is 0 Å². The zero-order chi connectivity index (χ0) is 21.4. The Morgan fingerprint density at radius 3 is 2.28 bits per heavy atom. The Morgan fingerprint density at radius 1 is 1.00 bits per heavy atom. The molecule has 0 spiro atoms. The maximum atomic E-state index is 12.2. The van der Waals surface area contributed by atoms with Crippen LogP contribution < -0.4 is 25.2 Å². The Morgan fingerprint density at radius 2 is 1.62 bits per heavy atom. The van der Waals surface area contributed by atoms with Gasteiger partial charge < -0.3 is 10.1 Å². The number of methoxy groups -OCH3 is 1. The number of hydrogen-bond donors (Lipinski definition) is 3. The second-order valence-electron chi connectivity index (χ2n) is 6.21. The number of carbonyl (C=O) groups is 2. The fourth-order valence-corrected chi connectivity index (χ4v) is 3.46. The summed E-state index contributed by atoms with van der Waals surface area (Å²) in [5.74, 6) is -0.610. The summed E-state index contributed by atoms with van der Waals surface area (Å²) in [6, 6.07) is 13.9. The van der Waals surface area contributed by atoms with Crippen molar-refractivity contribution < 1.29 is 22.7 Å². The lowest BCUT2D eigenvalue weighted by molar-refractivity contribution is -0.127. The summed E-state index contributed by atoms with van der Waals surface area (Å²) < 4.78 is 30.4. The zero-order valence-electron chi connectivity index (χ0n) is 16.4. The zero-order valence-corrected chi connectivity index (χ0v) is 17.2. The molecular weight excluding hydrogens is 396 g/mol. The maximum Gasteiger partial charge on any atom is 0.259 e. The normalized spacial score (nSPS) is 10.7. The van der Waals surface area contributed by atoms with Crippen LogP contribution in [-0.4, -0.2) is 46.7 Å². The monoisotopic (exact) mass is 420 g/mol. The molecule has 0 unspecified atom stereocenters. The highest BCUT2D eigenvalue weighted by Gasteiger charge is 2.22. The van der Waals surface area contributed by atoms with E-state index in [2.05, 4.69) is 16.2 Å². The predicted octanol–water partition coefficient (Wildman–Crippen LogP) is 1.03. The van der Waals surface area contributed by atoms with Gasteiger partial charge in [0, 0.05) is 0 Å². The number of anilines is 2. The fraction of sp³-hybridized carbons (Fsp3) is 0.263. The molecule has 2 rings (SSSR count). The van der Waals surface area contributed by atoms with Crippen molar-refractivity contribution in [1.82, 2.24) is 10.9 Å². The molecule has 0 heterocycles. The van der Waals surface area contributed by atoms with Crippen molar-refractivity contribution in [3.8, 4) is 5.75 Å². The lowest BCUT2D eigenvalue weighted by atomic mass is 10.2. The third-order valence-corrected chi connectivity index (χ3v) is 5.09. The molecule has 0 aliphatic rings. The second-order valence-corrected chi connectivity index (χ2v) is 8.11. The summed E-state index contributed by atoms with van der Waals surface area (Å²) in [7, 11) is -2.18. The van der Waals surface area contributed by atoms with Crippen LogP contribution in [0.4, 0.5) is 11.4 Å². The Labute approximate surface area is 170 Å².